The third-order valence-corrected chi connectivity index (χ3v) is 8.01. The van der Waals surface area contributed by atoms with Crippen LogP contribution in [0.5, 0.6) is 0 Å². The molecule has 0 spiro atoms. The van der Waals surface area contributed by atoms with E-state index in [0.29, 0.717) is 29.1 Å². The highest BCUT2D eigenvalue weighted by molar-refractivity contribution is 5.87. The minimum atomic E-state index is -0.0221. The molecule has 4 rings (SSSR count). The SMILES string of the molecule is CO[C@H]1CC2C3CCC(=O)C3(C)CCC2C2(C)CCCC=C12. The van der Waals surface area contributed by atoms with E-state index in [2.05, 4.69) is 19.9 Å². The van der Waals surface area contributed by atoms with E-state index in [1.807, 2.05) is 7.11 Å². The first-order chi connectivity index (χ1) is 10.5. The number of ketones is 1. The monoisotopic (exact) mass is 302 g/mol. The van der Waals surface area contributed by atoms with Crippen LogP contribution in [0.2, 0.25) is 0 Å². The van der Waals surface area contributed by atoms with Gasteiger partial charge < -0.3 is 4.74 Å². The standard InChI is InChI=1S/C20H30O2/c1-19-10-5-4-6-16(19)17(22-3)12-13-14-7-8-18(21)20(14,2)11-9-15(13)19/h6,13-15,17H,4-5,7-12H2,1-3H3/t13?,14?,15?,17-,19?,20?/m0/s1. The van der Waals surface area contributed by atoms with Crippen LogP contribution in [0.25, 0.3) is 0 Å². The van der Waals surface area contributed by atoms with Crippen LogP contribution in [0.3, 0.4) is 0 Å². The van der Waals surface area contributed by atoms with E-state index in [1.54, 1.807) is 5.57 Å². The van der Waals surface area contributed by atoms with Gasteiger partial charge in [0.05, 0.1) is 6.10 Å². The lowest BCUT2D eigenvalue weighted by Gasteiger charge is -2.58. The molecule has 122 valence electrons. The van der Waals surface area contributed by atoms with Crippen molar-refractivity contribution in [2.75, 3.05) is 7.11 Å². The zero-order valence-electron chi connectivity index (χ0n) is 14.4. The molecule has 3 saturated carbocycles. The molecule has 3 fully saturated rings. The lowest BCUT2D eigenvalue weighted by Crippen LogP contribution is -2.53. The van der Waals surface area contributed by atoms with Crippen molar-refractivity contribution in [2.24, 2.45) is 28.6 Å². The van der Waals surface area contributed by atoms with E-state index in [4.69, 9.17) is 4.74 Å². The Hall–Kier alpha value is -0.630. The number of Topliss-reactive ketones (excluding diaryl/α,β-unsaturated/α-hetero) is 1. The maximum absolute atomic E-state index is 12.5. The van der Waals surface area contributed by atoms with Gasteiger partial charge >= 0.3 is 0 Å². The molecule has 0 saturated heterocycles. The van der Waals surface area contributed by atoms with E-state index in [-0.39, 0.29) is 5.41 Å². The molecule has 6 atom stereocenters. The summed E-state index contributed by atoms with van der Waals surface area (Å²) in [6, 6.07) is 0. The summed E-state index contributed by atoms with van der Waals surface area (Å²) in [5, 5.41) is 0. The van der Waals surface area contributed by atoms with Crippen LogP contribution in [0.1, 0.15) is 65.2 Å². The molecule has 2 heteroatoms. The molecule has 0 radical (unpaired) electrons. The van der Waals surface area contributed by atoms with Gasteiger partial charge in [-0.3, -0.25) is 4.79 Å². The number of hydrogen-bond donors (Lipinski definition) is 0. The van der Waals surface area contributed by atoms with Gasteiger partial charge in [0.25, 0.3) is 0 Å². The Morgan fingerprint density at radius 1 is 1.14 bits per heavy atom. The fraction of sp³-hybridized carbons (Fsp3) is 0.850. The molecule has 5 unspecified atom stereocenters. The Bertz CT molecular complexity index is 522. The van der Waals surface area contributed by atoms with Gasteiger partial charge in [-0.1, -0.05) is 19.9 Å². The molecule has 0 amide bonds. The number of hydrogen-bond acceptors (Lipinski definition) is 2. The summed E-state index contributed by atoms with van der Waals surface area (Å²) >= 11 is 0. The van der Waals surface area contributed by atoms with Gasteiger partial charge in [0.2, 0.25) is 0 Å². The highest BCUT2D eigenvalue weighted by Gasteiger charge is 2.60. The Labute approximate surface area is 134 Å². The number of methoxy groups -OCH3 is 1. The molecule has 0 aliphatic heterocycles. The molecule has 0 N–H and O–H groups in total. The fourth-order valence-electron chi connectivity index (χ4n) is 6.78. The van der Waals surface area contributed by atoms with Crippen LogP contribution in [0.4, 0.5) is 0 Å². The number of fused-ring (bicyclic) bond motifs is 5. The smallest absolute Gasteiger partial charge is 0.139 e. The van der Waals surface area contributed by atoms with Crippen molar-refractivity contribution < 1.29 is 9.53 Å². The predicted octanol–water partition coefficient (Wildman–Crippen LogP) is 4.53. The number of rotatable bonds is 1. The molecule has 2 nitrogen and oxygen atoms in total. The summed E-state index contributed by atoms with van der Waals surface area (Å²) in [4.78, 5) is 12.5. The van der Waals surface area contributed by atoms with E-state index in [1.165, 1.54) is 25.7 Å². The van der Waals surface area contributed by atoms with Crippen LogP contribution >= 0.6 is 0 Å². The van der Waals surface area contributed by atoms with Gasteiger partial charge in [0.15, 0.2) is 0 Å². The van der Waals surface area contributed by atoms with Gasteiger partial charge in [-0.2, -0.15) is 0 Å². The molecule has 4 aliphatic rings. The van der Waals surface area contributed by atoms with Gasteiger partial charge in [0.1, 0.15) is 5.78 Å². The van der Waals surface area contributed by atoms with Crippen LogP contribution in [-0.2, 0) is 9.53 Å². The Morgan fingerprint density at radius 3 is 2.68 bits per heavy atom. The van der Waals surface area contributed by atoms with Crippen molar-refractivity contribution in [3.8, 4) is 0 Å². The van der Waals surface area contributed by atoms with E-state index < -0.39 is 0 Å². The lowest BCUT2D eigenvalue weighted by molar-refractivity contribution is -0.134. The topological polar surface area (TPSA) is 26.3 Å². The highest BCUT2D eigenvalue weighted by Crippen LogP contribution is 2.64. The quantitative estimate of drug-likeness (QED) is 0.665. The summed E-state index contributed by atoms with van der Waals surface area (Å²) in [7, 11) is 1.88. The molecule has 0 heterocycles. The van der Waals surface area contributed by atoms with Crippen molar-refractivity contribution in [3.05, 3.63) is 11.6 Å². The second-order valence-electron chi connectivity index (χ2n) is 8.72. The molecular formula is C20H30O2. The first-order valence-electron chi connectivity index (χ1n) is 9.27. The normalized spacial score (nSPS) is 50.9. The first kappa shape index (κ1) is 14.9. The lowest BCUT2D eigenvalue weighted by atomic mass is 9.47. The predicted molar refractivity (Wildman–Crippen MR) is 87.5 cm³/mol. The van der Waals surface area contributed by atoms with Crippen molar-refractivity contribution in [1.82, 2.24) is 0 Å². The van der Waals surface area contributed by atoms with E-state index in [9.17, 15) is 4.79 Å². The van der Waals surface area contributed by atoms with Crippen LogP contribution < -0.4 is 0 Å². The molecule has 0 aromatic rings. The maximum atomic E-state index is 12.5. The summed E-state index contributed by atoms with van der Waals surface area (Å²) in [6.45, 7) is 4.76. The summed E-state index contributed by atoms with van der Waals surface area (Å²) in [6.07, 6.45) is 12.1. The van der Waals surface area contributed by atoms with Crippen LogP contribution in [-0.4, -0.2) is 19.0 Å². The highest BCUT2D eigenvalue weighted by atomic mass is 16.5. The van der Waals surface area contributed by atoms with E-state index in [0.717, 1.165) is 31.6 Å². The minimum absolute atomic E-state index is 0.0221. The third-order valence-electron chi connectivity index (χ3n) is 8.01. The second kappa shape index (κ2) is 4.93. The molecule has 0 bridgehead atoms. The fourth-order valence-corrected chi connectivity index (χ4v) is 6.78. The number of carbonyl (C=O) groups excluding carboxylic acids is 1. The average molecular weight is 302 g/mol. The largest absolute Gasteiger partial charge is 0.377 e. The number of carbonyl (C=O) groups is 1. The summed E-state index contributed by atoms with van der Waals surface area (Å²) < 4.78 is 5.93. The minimum Gasteiger partial charge on any atom is -0.377 e. The van der Waals surface area contributed by atoms with Crippen molar-refractivity contribution in [3.63, 3.8) is 0 Å². The van der Waals surface area contributed by atoms with Gasteiger partial charge in [-0.25, -0.2) is 0 Å². The second-order valence-corrected chi connectivity index (χ2v) is 8.72. The van der Waals surface area contributed by atoms with Crippen molar-refractivity contribution >= 4 is 5.78 Å². The average Bonchev–Trinajstić information content (AvgIpc) is 2.82. The van der Waals surface area contributed by atoms with Crippen LogP contribution in [0, 0.1) is 28.6 Å². The molecule has 0 aromatic heterocycles. The van der Waals surface area contributed by atoms with Crippen molar-refractivity contribution in [1.29, 1.82) is 0 Å². The Balaban J connectivity index is 1.74. The van der Waals surface area contributed by atoms with Gasteiger partial charge in [0, 0.05) is 18.9 Å². The first-order valence-corrected chi connectivity index (χ1v) is 9.27. The van der Waals surface area contributed by atoms with Crippen LogP contribution in [0.15, 0.2) is 11.6 Å². The maximum Gasteiger partial charge on any atom is 0.139 e. The molecule has 4 aliphatic carbocycles. The molecule has 22 heavy (non-hydrogen) atoms. The number of allylic oxidation sites excluding steroid dienone is 1. The van der Waals surface area contributed by atoms with Crippen molar-refractivity contribution in [2.45, 2.75) is 71.3 Å². The summed E-state index contributed by atoms with van der Waals surface area (Å²) in [5.74, 6) is 2.61. The Morgan fingerprint density at radius 2 is 1.91 bits per heavy atom. The zero-order valence-corrected chi connectivity index (χ0v) is 14.4. The number of ether oxygens (including phenoxy) is 1. The zero-order chi connectivity index (χ0) is 15.5. The van der Waals surface area contributed by atoms with Gasteiger partial charge in [-0.15, -0.1) is 0 Å². The third kappa shape index (κ3) is 1.79. The van der Waals surface area contributed by atoms with E-state index >= 15 is 0 Å². The molecular weight excluding hydrogens is 272 g/mol. The Kier molecular flexibility index (Phi) is 3.35. The molecule has 0 aromatic carbocycles. The summed E-state index contributed by atoms with van der Waals surface area (Å²) in [5.41, 5.74) is 1.90. The van der Waals surface area contributed by atoms with Gasteiger partial charge in [-0.05, 0) is 73.7 Å².